The number of carbonyl (C=O) groups excluding carboxylic acids is 2. The summed E-state index contributed by atoms with van der Waals surface area (Å²) in [7, 11) is 1.65. The van der Waals surface area contributed by atoms with Crippen LogP contribution in [0.3, 0.4) is 0 Å². The molecule has 6 heteroatoms. The van der Waals surface area contributed by atoms with E-state index in [2.05, 4.69) is 10.3 Å². The van der Waals surface area contributed by atoms with Gasteiger partial charge in [-0.05, 0) is 42.3 Å². The topological polar surface area (TPSA) is 62.3 Å². The molecule has 0 radical (unpaired) electrons. The number of aromatic nitrogens is 1. The molecule has 1 aromatic heterocycles. The molecule has 0 atom stereocenters. The molecule has 0 spiro atoms. The summed E-state index contributed by atoms with van der Waals surface area (Å²) in [5.41, 5.74) is 1.77. The number of para-hydroxylation sites is 1. The van der Waals surface area contributed by atoms with Crippen LogP contribution in [0.1, 0.15) is 26.4 Å². The molecule has 2 amide bonds. The molecule has 2 aromatic carbocycles. The predicted molar refractivity (Wildman–Crippen MR) is 106 cm³/mol. The fourth-order valence-electron chi connectivity index (χ4n) is 2.74. The molecule has 3 rings (SSSR count). The van der Waals surface area contributed by atoms with E-state index < -0.39 is 0 Å². The van der Waals surface area contributed by atoms with Crippen molar-refractivity contribution in [3.05, 3.63) is 95.6 Å². The van der Waals surface area contributed by atoms with Crippen LogP contribution < -0.4 is 10.2 Å². The van der Waals surface area contributed by atoms with Gasteiger partial charge >= 0.3 is 0 Å². The fraction of sp³-hybridized carbons (Fsp3) is 0.136. The first kappa shape index (κ1) is 19.2. The first-order chi connectivity index (χ1) is 13.6. The Morgan fingerprint density at radius 3 is 2.50 bits per heavy atom. The third kappa shape index (κ3) is 4.59. The second-order valence-corrected chi connectivity index (χ2v) is 6.23. The number of nitrogens with one attached hydrogen (secondary N) is 1. The number of rotatable bonds is 6. The molecule has 1 heterocycles. The lowest BCUT2D eigenvalue weighted by atomic mass is 10.1. The average Bonchev–Trinajstić information content (AvgIpc) is 2.74. The summed E-state index contributed by atoms with van der Waals surface area (Å²) in [5, 5.41) is 2.74. The summed E-state index contributed by atoms with van der Waals surface area (Å²) in [4.78, 5) is 30.6. The molecular formula is C22H20FN3O2. The maximum absolute atomic E-state index is 13.6. The van der Waals surface area contributed by atoms with Gasteiger partial charge in [-0.15, -0.1) is 0 Å². The minimum Gasteiger partial charge on any atom is -0.352 e. The first-order valence-corrected chi connectivity index (χ1v) is 8.87. The van der Waals surface area contributed by atoms with E-state index in [4.69, 9.17) is 0 Å². The van der Waals surface area contributed by atoms with Crippen molar-refractivity contribution in [2.24, 2.45) is 0 Å². The zero-order valence-corrected chi connectivity index (χ0v) is 15.4. The van der Waals surface area contributed by atoms with E-state index in [1.54, 1.807) is 25.2 Å². The largest absolute Gasteiger partial charge is 0.352 e. The van der Waals surface area contributed by atoms with E-state index in [1.165, 1.54) is 29.3 Å². The van der Waals surface area contributed by atoms with Gasteiger partial charge in [0, 0.05) is 31.0 Å². The molecule has 3 aromatic rings. The molecule has 0 aliphatic heterocycles. The molecule has 0 saturated heterocycles. The minimum atomic E-state index is -0.338. The maximum atomic E-state index is 13.6. The van der Waals surface area contributed by atoms with Crippen LogP contribution in [-0.2, 0) is 6.42 Å². The van der Waals surface area contributed by atoms with Crippen molar-refractivity contribution in [2.75, 3.05) is 18.5 Å². The third-order valence-corrected chi connectivity index (χ3v) is 4.33. The lowest BCUT2D eigenvalue weighted by Crippen LogP contribution is -2.29. The van der Waals surface area contributed by atoms with E-state index in [1.807, 2.05) is 30.3 Å². The van der Waals surface area contributed by atoms with E-state index >= 15 is 0 Å². The van der Waals surface area contributed by atoms with E-state index in [0.29, 0.717) is 17.5 Å². The molecule has 5 nitrogen and oxygen atoms in total. The van der Waals surface area contributed by atoms with Gasteiger partial charge in [0.2, 0.25) is 0 Å². The zero-order chi connectivity index (χ0) is 19.9. The number of hydrogen-bond donors (Lipinski definition) is 1. The van der Waals surface area contributed by atoms with Crippen LogP contribution in [0.4, 0.5) is 10.1 Å². The third-order valence-electron chi connectivity index (χ3n) is 4.33. The molecule has 0 fully saturated rings. The predicted octanol–water partition coefficient (Wildman–Crippen LogP) is 3.47. The number of nitrogens with zero attached hydrogens (tertiary/aromatic N) is 2. The molecule has 142 valence electrons. The van der Waals surface area contributed by atoms with Gasteiger partial charge in [0.15, 0.2) is 0 Å². The van der Waals surface area contributed by atoms with Crippen molar-refractivity contribution in [2.45, 2.75) is 6.42 Å². The Balaban J connectivity index is 1.64. The van der Waals surface area contributed by atoms with E-state index in [0.717, 1.165) is 5.69 Å². The number of halogens is 1. The number of hydrogen-bond acceptors (Lipinski definition) is 3. The Labute approximate surface area is 162 Å². The van der Waals surface area contributed by atoms with Crippen LogP contribution in [0.15, 0.2) is 72.9 Å². The highest BCUT2D eigenvalue weighted by Crippen LogP contribution is 2.14. The number of anilines is 1. The Morgan fingerprint density at radius 2 is 1.75 bits per heavy atom. The van der Waals surface area contributed by atoms with Crippen molar-refractivity contribution in [3.8, 4) is 0 Å². The van der Waals surface area contributed by atoms with Crippen LogP contribution in [0.5, 0.6) is 0 Å². The summed E-state index contributed by atoms with van der Waals surface area (Å²) >= 11 is 0. The SMILES string of the molecule is CN(C(=O)c1cc(C(=O)NCCc2ccccc2F)ccn1)c1ccccc1. The Kier molecular flexibility index (Phi) is 6.11. The monoisotopic (exact) mass is 377 g/mol. The van der Waals surface area contributed by atoms with Crippen LogP contribution in [0, 0.1) is 5.82 Å². The van der Waals surface area contributed by atoms with E-state index in [-0.39, 0.29) is 29.9 Å². The van der Waals surface area contributed by atoms with Crippen molar-refractivity contribution in [1.29, 1.82) is 0 Å². The van der Waals surface area contributed by atoms with Crippen LogP contribution in [0.25, 0.3) is 0 Å². The Bertz CT molecular complexity index is 976. The van der Waals surface area contributed by atoms with Crippen molar-refractivity contribution in [1.82, 2.24) is 10.3 Å². The highest BCUT2D eigenvalue weighted by atomic mass is 19.1. The van der Waals surface area contributed by atoms with Crippen LogP contribution in [0.2, 0.25) is 0 Å². The van der Waals surface area contributed by atoms with Crippen LogP contribution >= 0.6 is 0 Å². The quantitative estimate of drug-likeness (QED) is 0.716. The summed E-state index contributed by atoms with van der Waals surface area (Å²) < 4.78 is 13.6. The number of pyridine rings is 1. The highest BCUT2D eigenvalue weighted by Gasteiger charge is 2.16. The lowest BCUT2D eigenvalue weighted by molar-refractivity contribution is 0.0954. The van der Waals surface area contributed by atoms with Gasteiger partial charge in [-0.1, -0.05) is 36.4 Å². The Hall–Kier alpha value is -3.54. The summed E-state index contributed by atoms with van der Waals surface area (Å²) in [6.07, 6.45) is 1.81. The molecule has 0 unspecified atom stereocenters. The molecule has 28 heavy (non-hydrogen) atoms. The van der Waals surface area contributed by atoms with Gasteiger partial charge < -0.3 is 10.2 Å². The van der Waals surface area contributed by atoms with Crippen molar-refractivity contribution < 1.29 is 14.0 Å². The Morgan fingerprint density at radius 1 is 1.04 bits per heavy atom. The average molecular weight is 377 g/mol. The van der Waals surface area contributed by atoms with Gasteiger partial charge in [-0.25, -0.2) is 4.39 Å². The summed E-state index contributed by atoms with van der Waals surface area (Å²) in [6, 6.07) is 18.6. The van der Waals surface area contributed by atoms with Gasteiger partial charge in [0.1, 0.15) is 11.5 Å². The summed E-state index contributed by atoms with van der Waals surface area (Å²) in [6.45, 7) is 0.287. The van der Waals surface area contributed by atoms with Gasteiger partial charge in [0.05, 0.1) is 0 Å². The second-order valence-electron chi connectivity index (χ2n) is 6.23. The lowest BCUT2D eigenvalue weighted by Gasteiger charge is -2.17. The number of benzene rings is 2. The van der Waals surface area contributed by atoms with Crippen molar-refractivity contribution >= 4 is 17.5 Å². The van der Waals surface area contributed by atoms with Crippen LogP contribution in [-0.4, -0.2) is 30.4 Å². The minimum absolute atomic E-state index is 0.174. The smallest absolute Gasteiger partial charge is 0.276 e. The second kappa shape index (κ2) is 8.90. The number of carbonyl (C=O) groups is 2. The zero-order valence-electron chi connectivity index (χ0n) is 15.4. The van der Waals surface area contributed by atoms with Crippen molar-refractivity contribution in [3.63, 3.8) is 0 Å². The van der Waals surface area contributed by atoms with Gasteiger partial charge in [0.25, 0.3) is 11.8 Å². The molecule has 0 aliphatic carbocycles. The molecule has 0 aliphatic rings. The summed E-state index contributed by atoms with van der Waals surface area (Å²) in [5.74, 6) is -0.945. The van der Waals surface area contributed by atoms with Gasteiger partial charge in [-0.2, -0.15) is 0 Å². The standard InChI is InChI=1S/C22H20FN3O2/c1-26(18-8-3-2-4-9-18)22(28)20-15-17(12-13-24-20)21(27)25-14-11-16-7-5-6-10-19(16)23/h2-10,12-13,15H,11,14H2,1H3,(H,25,27). The first-order valence-electron chi connectivity index (χ1n) is 8.87. The molecule has 0 bridgehead atoms. The molecule has 0 saturated carbocycles. The normalized spacial score (nSPS) is 10.4. The fourth-order valence-corrected chi connectivity index (χ4v) is 2.74. The maximum Gasteiger partial charge on any atom is 0.276 e. The highest BCUT2D eigenvalue weighted by molar-refractivity contribution is 6.06. The van der Waals surface area contributed by atoms with E-state index in [9.17, 15) is 14.0 Å². The van der Waals surface area contributed by atoms with Gasteiger partial charge in [-0.3, -0.25) is 14.6 Å². The number of amides is 2. The molecular weight excluding hydrogens is 357 g/mol. The molecule has 1 N–H and O–H groups in total.